The molecule has 10 aromatic carbocycles. The van der Waals surface area contributed by atoms with E-state index in [-0.39, 0.29) is 0 Å². The SMILES string of the molecule is c1ccc(-c2nc(-c3ccc(-c4cccc5c4sc4ccccc45)cc3)nc(-c3cccc(-c4cccc(-c5c6ccccc6cc6c5ccc5ccccc56)c4)c3)n2)cc1. The summed E-state index contributed by atoms with van der Waals surface area (Å²) < 4.78 is 2.60. The molecule has 3 nitrogen and oxygen atoms in total. The number of nitrogens with zero attached hydrogens (tertiary/aromatic N) is 3. The molecule has 0 aliphatic carbocycles. The first-order chi connectivity index (χ1) is 30.2. The van der Waals surface area contributed by atoms with Crippen molar-refractivity contribution < 1.29 is 0 Å². The molecule has 2 heterocycles. The van der Waals surface area contributed by atoms with Crippen LogP contribution in [0, 0.1) is 0 Å². The van der Waals surface area contributed by atoms with Crippen LogP contribution in [0.4, 0.5) is 0 Å². The quantitative estimate of drug-likeness (QED) is 0.124. The Morgan fingerprint density at radius 2 is 0.820 bits per heavy atom. The van der Waals surface area contributed by atoms with E-state index in [1.807, 2.05) is 29.5 Å². The van der Waals surface area contributed by atoms with Crippen LogP contribution < -0.4 is 0 Å². The maximum Gasteiger partial charge on any atom is 0.164 e. The van der Waals surface area contributed by atoms with Gasteiger partial charge in [-0.15, -0.1) is 11.3 Å². The molecule has 12 rings (SSSR count). The Balaban J connectivity index is 0.950. The van der Waals surface area contributed by atoms with Gasteiger partial charge in [0.1, 0.15) is 0 Å². The van der Waals surface area contributed by atoms with Crippen molar-refractivity contribution in [3.8, 4) is 67.5 Å². The lowest BCUT2D eigenvalue weighted by molar-refractivity contribution is 1.07. The summed E-state index contributed by atoms with van der Waals surface area (Å²) >= 11 is 1.85. The number of thiophene rings is 1. The molecule has 0 amide bonds. The first-order valence-electron chi connectivity index (χ1n) is 20.6. The van der Waals surface area contributed by atoms with Crippen LogP contribution in [-0.2, 0) is 0 Å². The Morgan fingerprint density at radius 3 is 1.61 bits per heavy atom. The third kappa shape index (κ3) is 6.16. The predicted octanol–water partition coefficient (Wildman–Crippen LogP) is 15.7. The van der Waals surface area contributed by atoms with Crippen molar-refractivity contribution in [2.45, 2.75) is 0 Å². The van der Waals surface area contributed by atoms with Crippen LogP contribution >= 0.6 is 11.3 Å². The van der Waals surface area contributed by atoms with Crippen molar-refractivity contribution in [1.82, 2.24) is 15.0 Å². The van der Waals surface area contributed by atoms with Crippen molar-refractivity contribution in [3.63, 3.8) is 0 Å². The Labute approximate surface area is 356 Å². The second-order valence-electron chi connectivity index (χ2n) is 15.5. The lowest BCUT2D eigenvalue weighted by Gasteiger charge is -2.15. The third-order valence-electron chi connectivity index (χ3n) is 11.9. The summed E-state index contributed by atoms with van der Waals surface area (Å²) in [5, 5.41) is 10.1. The maximum atomic E-state index is 5.15. The molecule has 0 aliphatic rings. The second-order valence-corrected chi connectivity index (χ2v) is 16.6. The fraction of sp³-hybridized carbons (Fsp3) is 0. The van der Waals surface area contributed by atoms with Crippen molar-refractivity contribution in [2.75, 3.05) is 0 Å². The number of aromatic nitrogens is 3. The summed E-state index contributed by atoms with van der Waals surface area (Å²) in [7, 11) is 0. The Hall–Kier alpha value is -7.79. The van der Waals surface area contributed by atoms with Gasteiger partial charge in [-0.3, -0.25) is 0 Å². The number of rotatable bonds is 6. The number of benzene rings is 10. The lowest BCUT2D eigenvalue weighted by atomic mass is 9.89. The molecular formula is C57H35N3S. The summed E-state index contributed by atoms with van der Waals surface area (Å²) in [6.07, 6.45) is 0. The van der Waals surface area contributed by atoms with E-state index >= 15 is 0 Å². The van der Waals surface area contributed by atoms with Crippen LogP contribution in [0.3, 0.4) is 0 Å². The van der Waals surface area contributed by atoms with Gasteiger partial charge in [0.2, 0.25) is 0 Å². The molecule has 0 spiro atoms. The lowest BCUT2D eigenvalue weighted by Crippen LogP contribution is -2.00. The highest BCUT2D eigenvalue weighted by molar-refractivity contribution is 7.26. The van der Waals surface area contributed by atoms with E-state index in [1.54, 1.807) is 0 Å². The van der Waals surface area contributed by atoms with E-state index in [4.69, 9.17) is 15.0 Å². The fourth-order valence-electron chi connectivity index (χ4n) is 8.95. The zero-order chi connectivity index (χ0) is 40.3. The molecule has 0 bridgehead atoms. The average Bonchev–Trinajstić information content (AvgIpc) is 3.73. The van der Waals surface area contributed by atoms with Crippen LogP contribution in [0.1, 0.15) is 0 Å². The van der Waals surface area contributed by atoms with Crippen molar-refractivity contribution in [2.24, 2.45) is 0 Å². The van der Waals surface area contributed by atoms with Gasteiger partial charge in [-0.25, -0.2) is 15.0 Å². The molecule has 0 N–H and O–H groups in total. The molecule has 0 aliphatic heterocycles. The van der Waals surface area contributed by atoms with Gasteiger partial charge in [0.25, 0.3) is 0 Å². The van der Waals surface area contributed by atoms with E-state index in [1.165, 1.54) is 74.7 Å². The van der Waals surface area contributed by atoms with Gasteiger partial charge in [-0.1, -0.05) is 188 Å². The van der Waals surface area contributed by atoms with Gasteiger partial charge in [0, 0.05) is 36.9 Å². The maximum absolute atomic E-state index is 5.15. The summed E-state index contributed by atoms with van der Waals surface area (Å²) in [6.45, 7) is 0. The number of fused-ring (bicyclic) bond motifs is 7. The first-order valence-corrected chi connectivity index (χ1v) is 21.4. The van der Waals surface area contributed by atoms with Crippen LogP contribution in [-0.4, -0.2) is 15.0 Å². The van der Waals surface area contributed by atoms with E-state index < -0.39 is 0 Å². The summed E-state index contributed by atoms with van der Waals surface area (Å²) in [4.78, 5) is 15.3. The molecule has 2 aromatic heterocycles. The van der Waals surface area contributed by atoms with E-state index in [9.17, 15) is 0 Å². The molecule has 0 radical (unpaired) electrons. The Kier molecular flexibility index (Phi) is 8.36. The second kappa shape index (κ2) is 14.5. The van der Waals surface area contributed by atoms with Gasteiger partial charge in [0.15, 0.2) is 17.5 Å². The van der Waals surface area contributed by atoms with Gasteiger partial charge < -0.3 is 0 Å². The monoisotopic (exact) mass is 793 g/mol. The average molecular weight is 794 g/mol. The zero-order valence-electron chi connectivity index (χ0n) is 33.0. The summed E-state index contributed by atoms with van der Waals surface area (Å²) in [5.41, 5.74) is 9.86. The summed E-state index contributed by atoms with van der Waals surface area (Å²) in [6, 6.07) is 75.9. The molecule has 4 heteroatoms. The largest absolute Gasteiger partial charge is 0.208 e. The van der Waals surface area contributed by atoms with Gasteiger partial charge >= 0.3 is 0 Å². The molecule has 0 atom stereocenters. The minimum absolute atomic E-state index is 0.632. The highest BCUT2D eigenvalue weighted by Crippen LogP contribution is 2.42. The van der Waals surface area contributed by atoms with Crippen LogP contribution in [0.15, 0.2) is 212 Å². The normalized spacial score (nSPS) is 11.6. The van der Waals surface area contributed by atoms with Gasteiger partial charge in [-0.2, -0.15) is 0 Å². The van der Waals surface area contributed by atoms with Crippen molar-refractivity contribution in [1.29, 1.82) is 0 Å². The minimum atomic E-state index is 0.632. The third-order valence-corrected chi connectivity index (χ3v) is 13.1. The molecule has 0 saturated carbocycles. The highest BCUT2D eigenvalue weighted by Gasteiger charge is 2.17. The Bertz CT molecular complexity index is 3650. The molecule has 0 unspecified atom stereocenters. The highest BCUT2D eigenvalue weighted by atomic mass is 32.1. The molecule has 12 aromatic rings. The zero-order valence-corrected chi connectivity index (χ0v) is 33.8. The fourth-order valence-corrected chi connectivity index (χ4v) is 10.2. The van der Waals surface area contributed by atoms with Crippen LogP contribution in [0.25, 0.3) is 120 Å². The molecule has 0 saturated heterocycles. The standard InChI is InChI=1S/C57H35N3S/c1-2-14-38(15-3-1)55-58-56(39-29-27-37(28-30-39)47-24-12-25-50-48-23-8-9-26-52(48)61-54(47)50)60-57(59-55)44-20-11-18-41(34-44)40-17-10-19-43(33-40)53-46-22-7-5-16-42(46)35-51-45-21-6-4-13-36(45)31-32-49(51)53/h1-35H. The summed E-state index contributed by atoms with van der Waals surface area (Å²) in [5.74, 6) is 1.91. The van der Waals surface area contributed by atoms with Crippen LogP contribution in [0.2, 0.25) is 0 Å². The first kappa shape index (κ1) is 35.2. The van der Waals surface area contributed by atoms with Gasteiger partial charge in [0.05, 0.1) is 0 Å². The van der Waals surface area contributed by atoms with E-state index in [0.717, 1.165) is 27.8 Å². The van der Waals surface area contributed by atoms with Crippen LogP contribution in [0.5, 0.6) is 0 Å². The molecule has 61 heavy (non-hydrogen) atoms. The van der Waals surface area contributed by atoms with Gasteiger partial charge in [-0.05, 0) is 90.0 Å². The minimum Gasteiger partial charge on any atom is -0.208 e. The number of hydrogen-bond acceptors (Lipinski definition) is 4. The number of hydrogen-bond donors (Lipinski definition) is 0. The van der Waals surface area contributed by atoms with E-state index in [2.05, 4.69) is 194 Å². The smallest absolute Gasteiger partial charge is 0.164 e. The van der Waals surface area contributed by atoms with E-state index in [0.29, 0.717) is 17.5 Å². The molecule has 0 fully saturated rings. The topological polar surface area (TPSA) is 38.7 Å². The predicted molar refractivity (Wildman–Crippen MR) is 258 cm³/mol. The molecular weight excluding hydrogens is 759 g/mol. The molecule has 284 valence electrons. The van der Waals surface area contributed by atoms with Crippen molar-refractivity contribution >= 4 is 63.8 Å². The van der Waals surface area contributed by atoms with Crippen molar-refractivity contribution in [3.05, 3.63) is 212 Å². The Morgan fingerprint density at radius 1 is 0.279 bits per heavy atom.